The minimum atomic E-state index is -0.281. The number of ether oxygens (including phenoxy) is 2. The Balaban J connectivity index is 2.87. The molecule has 1 aromatic rings. The maximum absolute atomic E-state index is 11.5. The molecule has 0 aliphatic rings. The molecule has 0 aliphatic carbocycles. The molecule has 0 saturated heterocycles. The number of hydrogen-bond acceptors (Lipinski definition) is 5. The Morgan fingerprint density at radius 1 is 1.53 bits per heavy atom. The van der Waals surface area contributed by atoms with Crippen LogP contribution >= 0.6 is 0 Å². The average molecular weight is 267 g/mol. The second-order valence-corrected chi connectivity index (χ2v) is 3.59. The first-order valence-electron chi connectivity index (χ1n) is 5.65. The van der Waals surface area contributed by atoms with Crippen LogP contribution in [-0.2, 0) is 9.53 Å². The van der Waals surface area contributed by atoms with E-state index >= 15 is 0 Å². The predicted octanol–water partition coefficient (Wildman–Crippen LogP) is 0.765. The third-order valence-electron chi connectivity index (χ3n) is 2.32. The molecule has 1 amide bonds. The smallest absolute Gasteiger partial charge is 0.250 e. The van der Waals surface area contributed by atoms with Gasteiger partial charge in [-0.25, -0.2) is 0 Å². The number of nitrogens with two attached hydrogens (primary N) is 1. The van der Waals surface area contributed by atoms with Crippen molar-refractivity contribution in [2.24, 2.45) is 10.9 Å². The molecule has 0 bridgehead atoms. The van der Waals surface area contributed by atoms with Gasteiger partial charge in [-0.15, -0.1) is 0 Å². The van der Waals surface area contributed by atoms with Gasteiger partial charge >= 0.3 is 0 Å². The summed E-state index contributed by atoms with van der Waals surface area (Å²) in [6.45, 7) is 2.24. The zero-order valence-corrected chi connectivity index (χ0v) is 10.8. The second kappa shape index (κ2) is 7.22. The fraction of sp³-hybridized carbons (Fsp3) is 0.333. The van der Waals surface area contributed by atoms with Crippen LogP contribution in [-0.4, -0.2) is 37.3 Å². The number of nitrogens with one attached hydrogen (secondary N) is 1. The molecule has 4 N–H and O–H groups in total. The van der Waals surface area contributed by atoms with Crippen molar-refractivity contribution in [1.29, 1.82) is 0 Å². The number of carbonyl (C=O) groups is 1. The van der Waals surface area contributed by atoms with E-state index in [1.807, 2.05) is 0 Å². The molecule has 0 spiro atoms. The lowest BCUT2D eigenvalue weighted by Gasteiger charge is -2.11. The van der Waals surface area contributed by atoms with Crippen LogP contribution in [0.2, 0.25) is 0 Å². The molecule has 1 rings (SSSR count). The van der Waals surface area contributed by atoms with Gasteiger partial charge in [-0.1, -0.05) is 5.16 Å². The van der Waals surface area contributed by atoms with Crippen molar-refractivity contribution in [1.82, 2.24) is 0 Å². The van der Waals surface area contributed by atoms with Crippen molar-refractivity contribution in [3.8, 4) is 5.75 Å². The Morgan fingerprint density at radius 3 is 2.84 bits per heavy atom. The zero-order chi connectivity index (χ0) is 14.3. The topological polar surface area (TPSA) is 106 Å². The van der Waals surface area contributed by atoms with Crippen LogP contribution < -0.4 is 15.8 Å². The molecular formula is C12H17N3O4. The quantitative estimate of drug-likeness (QED) is 0.305. The standard InChI is InChI=1S/C12H17N3O4/c1-3-19-7-11(16)14-9-5-4-8(12(13)15-17)6-10(9)18-2/h4-6,17H,3,7H2,1-2H3,(H2,13,15)(H,14,16). The van der Waals surface area contributed by atoms with Crippen molar-refractivity contribution in [2.45, 2.75) is 6.92 Å². The van der Waals surface area contributed by atoms with Gasteiger partial charge in [-0.3, -0.25) is 4.79 Å². The number of benzene rings is 1. The van der Waals surface area contributed by atoms with Gasteiger partial charge in [0.2, 0.25) is 5.91 Å². The van der Waals surface area contributed by atoms with Gasteiger partial charge in [0, 0.05) is 12.2 Å². The lowest BCUT2D eigenvalue weighted by Crippen LogP contribution is -2.19. The number of anilines is 1. The van der Waals surface area contributed by atoms with E-state index in [1.165, 1.54) is 7.11 Å². The van der Waals surface area contributed by atoms with Gasteiger partial charge in [0.25, 0.3) is 0 Å². The lowest BCUT2D eigenvalue weighted by atomic mass is 10.1. The minimum Gasteiger partial charge on any atom is -0.495 e. The maximum Gasteiger partial charge on any atom is 0.250 e. The lowest BCUT2D eigenvalue weighted by molar-refractivity contribution is -0.120. The highest BCUT2D eigenvalue weighted by atomic mass is 16.5. The molecule has 0 atom stereocenters. The highest BCUT2D eigenvalue weighted by Crippen LogP contribution is 2.25. The number of rotatable bonds is 6. The Bertz CT molecular complexity index is 474. The number of hydrogen-bond donors (Lipinski definition) is 3. The highest BCUT2D eigenvalue weighted by Gasteiger charge is 2.10. The third kappa shape index (κ3) is 4.14. The van der Waals surface area contributed by atoms with Crippen molar-refractivity contribution in [3.63, 3.8) is 0 Å². The van der Waals surface area contributed by atoms with E-state index in [1.54, 1.807) is 25.1 Å². The number of amides is 1. The van der Waals surface area contributed by atoms with Crippen molar-refractivity contribution >= 4 is 17.4 Å². The summed E-state index contributed by atoms with van der Waals surface area (Å²) in [4.78, 5) is 11.5. The Morgan fingerprint density at radius 2 is 2.26 bits per heavy atom. The van der Waals surface area contributed by atoms with Gasteiger partial charge in [-0.05, 0) is 25.1 Å². The Labute approximate surface area is 111 Å². The van der Waals surface area contributed by atoms with Crippen LogP contribution in [0.15, 0.2) is 23.4 Å². The molecule has 0 fully saturated rings. The zero-order valence-electron chi connectivity index (χ0n) is 10.8. The molecule has 0 aromatic heterocycles. The number of methoxy groups -OCH3 is 1. The number of carbonyl (C=O) groups excluding carboxylic acids is 1. The van der Waals surface area contributed by atoms with Crippen molar-refractivity contribution in [3.05, 3.63) is 23.8 Å². The second-order valence-electron chi connectivity index (χ2n) is 3.59. The number of nitrogens with zero attached hydrogens (tertiary/aromatic N) is 1. The maximum atomic E-state index is 11.5. The van der Waals surface area contributed by atoms with E-state index in [0.717, 1.165) is 0 Å². The minimum absolute atomic E-state index is 0.0261. The predicted molar refractivity (Wildman–Crippen MR) is 70.6 cm³/mol. The highest BCUT2D eigenvalue weighted by molar-refractivity contribution is 5.99. The largest absolute Gasteiger partial charge is 0.495 e. The third-order valence-corrected chi connectivity index (χ3v) is 2.32. The van der Waals surface area contributed by atoms with Crippen molar-refractivity contribution < 1.29 is 19.5 Å². The van der Waals surface area contributed by atoms with E-state index in [0.29, 0.717) is 23.6 Å². The molecule has 19 heavy (non-hydrogen) atoms. The summed E-state index contributed by atoms with van der Waals surface area (Å²) < 4.78 is 10.1. The summed E-state index contributed by atoms with van der Waals surface area (Å²) in [5, 5.41) is 14.1. The Hall–Kier alpha value is -2.28. The first kappa shape index (κ1) is 14.8. The molecular weight excluding hydrogens is 250 g/mol. The normalized spacial score (nSPS) is 11.2. The van der Waals surface area contributed by atoms with Crippen LogP contribution in [0.5, 0.6) is 5.75 Å². The first-order valence-corrected chi connectivity index (χ1v) is 5.65. The molecule has 104 valence electrons. The van der Waals surface area contributed by atoms with Crippen LogP contribution in [0.25, 0.3) is 0 Å². The fourth-order valence-corrected chi connectivity index (χ4v) is 1.39. The van der Waals surface area contributed by atoms with E-state index in [9.17, 15) is 4.79 Å². The molecule has 7 nitrogen and oxygen atoms in total. The van der Waals surface area contributed by atoms with Gasteiger partial charge < -0.3 is 25.7 Å². The molecule has 0 unspecified atom stereocenters. The van der Waals surface area contributed by atoms with Crippen LogP contribution in [0.4, 0.5) is 5.69 Å². The number of oxime groups is 1. The molecule has 0 saturated carbocycles. The van der Waals surface area contributed by atoms with E-state index in [-0.39, 0.29) is 18.3 Å². The van der Waals surface area contributed by atoms with Crippen molar-refractivity contribution in [2.75, 3.05) is 25.6 Å². The summed E-state index contributed by atoms with van der Waals surface area (Å²) in [6.07, 6.45) is 0. The van der Waals surface area contributed by atoms with Crippen LogP contribution in [0.1, 0.15) is 12.5 Å². The van der Waals surface area contributed by atoms with E-state index in [2.05, 4.69) is 10.5 Å². The van der Waals surface area contributed by atoms with E-state index < -0.39 is 0 Å². The molecule has 0 heterocycles. The SMILES string of the molecule is CCOCC(=O)Nc1ccc(/C(N)=N/O)cc1OC. The fourth-order valence-electron chi connectivity index (χ4n) is 1.39. The summed E-state index contributed by atoms with van der Waals surface area (Å²) in [5.74, 6) is 0.0936. The molecule has 0 radical (unpaired) electrons. The van der Waals surface area contributed by atoms with Gasteiger partial charge in [0.15, 0.2) is 5.84 Å². The molecule has 0 aliphatic heterocycles. The summed E-state index contributed by atoms with van der Waals surface area (Å²) >= 11 is 0. The first-order chi connectivity index (χ1) is 9.12. The monoisotopic (exact) mass is 267 g/mol. The Kier molecular flexibility index (Phi) is 5.62. The summed E-state index contributed by atoms with van der Waals surface area (Å²) in [7, 11) is 1.46. The van der Waals surface area contributed by atoms with Crippen LogP contribution in [0.3, 0.4) is 0 Å². The van der Waals surface area contributed by atoms with Gasteiger partial charge in [0.1, 0.15) is 12.4 Å². The van der Waals surface area contributed by atoms with Crippen LogP contribution in [0, 0.1) is 0 Å². The summed E-state index contributed by atoms with van der Waals surface area (Å²) in [6, 6.07) is 4.77. The average Bonchev–Trinajstić information content (AvgIpc) is 2.44. The van der Waals surface area contributed by atoms with Gasteiger partial charge in [0.05, 0.1) is 12.8 Å². The number of amidine groups is 1. The summed E-state index contributed by atoms with van der Waals surface area (Å²) in [5.41, 5.74) is 6.45. The van der Waals surface area contributed by atoms with E-state index in [4.69, 9.17) is 20.4 Å². The van der Waals surface area contributed by atoms with Gasteiger partial charge in [-0.2, -0.15) is 0 Å². The molecule has 7 heteroatoms. The molecule has 1 aromatic carbocycles.